The number of carbonyl (C=O) groups is 1. The van der Waals surface area contributed by atoms with Crippen molar-refractivity contribution in [3.05, 3.63) is 28.2 Å². The lowest BCUT2D eigenvalue weighted by Crippen LogP contribution is -2.41. The van der Waals surface area contributed by atoms with E-state index in [0.29, 0.717) is 6.61 Å². The number of benzene rings is 1. The highest BCUT2D eigenvalue weighted by Crippen LogP contribution is 2.26. The second-order valence-corrected chi connectivity index (χ2v) is 5.43. The number of rotatable bonds is 7. The number of hydrogen-bond acceptors (Lipinski definition) is 3. The minimum atomic E-state index is -0.264. The molecule has 0 saturated heterocycles. The number of hydrogen-bond donors (Lipinski definition) is 1. The maximum atomic E-state index is 12.3. The molecule has 0 aliphatic rings. The van der Waals surface area contributed by atoms with E-state index in [1.165, 1.54) is 0 Å². The second-order valence-electron chi connectivity index (χ2n) is 4.58. The van der Waals surface area contributed by atoms with Crippen LogP contribution in [0.4, 0.5) is 5.69 Å². The molecule has 1 rings (SSSR count). The summed E-state index contributed by atoms with van der Waals surface area (Å²) in [5, 5.41) is 3.28. The van der Waals surface area contributed by atoms with Gasteiger partial charge in [-0.25, -0.2) is 0 Å². The highest BCUT2D eigenvalue weighted by Gasteiger charge is 2.19. The fourth-order valence-corrected chi connectivity index (χ4v) is 2.57. The van der Waals surface area contributed by atoms with Crippen LogP contribution in [0.25, 0.3) is 0 Å². The maximum Gasteiger partial charge on any atom is 0.244 e. The van der Waals surface area contributed by atoms with Gasteiger partial charge in [0.05, 0.1) is 6.61 Å². The van der Waals surface area contributed by atoms with Gasteiger partial charge in [0.1, 0.15) is 6.04 Å². The lowest BCUT2D eigenvalue weighted by atomic mass is 10.1. The summed E-state index contributed by atoms with van der Waals surface area (Å²) in [6.07, 6.45) is 0. The molecule has 1 aromatic rings. The molecule has 0 saturated carbocycles. The van der Waals surface area contributed by atoms with Crippen LogP contribution in [0.2, 0.25) is 0 Å². The third-order valence-electron chi connectivity index (χ3n) is 3.23. The minimum absolute atomic E-state index is 0.110. The Hall–Kier alpha value is -1.07. The molecule has 0 bridgehead atoms. The topological polar surface area (TPSA) is 41.6 Å². The average Bonchev–Trinajstić information content (AvgIpc) is 2.43. The van der Waals surface area contributed by atoms with Crippen LogP contribution in [0.15, 0.2) is 22.7 Å². The number of likely N-dealkylation sites (N-methyl/N-ethyl adjacent to an activating group) is 1. The summed E-state index contributed by atoms with van der Waals surface area (Å²) in [6.45, 7) is 7.82. The molecule has 5 heteroatoms. The van der Waals surface area contributed by atoms with Crippen LogP contribution in [0.5, 0.6) is 0 Å². The van der Waals surface area contributed by atoms with Crippen molar-refractivity contribution in [2.24, 2.45) is 0 Å². The summed E-state index contributed by atoms with van der Waals surface area (Å²) < 4.78 is 6.19. The molecular formula is C15H23BrN2O2. The van der Waals surface area contributed by atoms with Crippen molar-refractivity contribution in [3.8, 4) is 0 Å². The van der Waals surface area contributed by atoms with Crippen molar-refractivity contribution >= 4 is 27.5 Å². The molecule has 0 spiro atoms. The Balaban J connectivity index is 2.87. The first-order valence-corrected chi connectivity index (χ1v) is 7.66. The molecule has 0 aliphatic heterocycles. The Bertz CT molecular complexity index is 447. The summed E-state index contributed by atoms with van der Waals surface area (Å²) in [4.78, 5) is 14.1. The monoisotopic (exact) mass is 342 g/mol. The van der Waals surface area contributed by atoms with E-state index in [1.54, 1.807) is 7.11 Å². The molecule has 112 valence electrons. The van der Waals surface area contributed by atoms with Gasteiger partial charge in [-0.3, -0.25) is 4.79 Å². The number of halogens is 1. The van der Waals surface area contributed by atoms with E-state index in [2.05, 4.69) is 21.2 Å². The van der Waals surface area contributed by atoms with Crippen LogP contribution in [0.1, 0.15) is 26.3 Å². The van der Waals surface area contributed by atoms with Gasteiger partial charge < -0.3 is 15.0 Å². The molecule has 0 aliphatic carbocycles. The largest absolute Gasteiger partial charge is 0.380 e. The first kappa shape index (κ1) is 17.0. The molecule has 0 heterocycles. The number of carbonyl (C=O) groups excluding carboxylic acids is 1. The number of nitrogens with zero attached hydrogens (tertiary/aromatic N) is 1. The van der Waals surface area contributed by atoms with Crippen molar-refractivity contribution < 1.29 is 9.53 Å². The van der Waals surface area contributed by atoms with Gasteiger partial charge in [0.15, 0.2) is 0 Å². The van der Waals surface area contributed by atoms with Gasteiger partial charge >= 0.3 is 0 Å². The Morgan fingerprint density at radius 3 is 2.60 bits per heavy atom. The zero-order valence-corrected chi connectivity index (χ0v) is 14.2. The predicted octanol–water partition coefficient (Wildman–Crippen LogP) is 3.26. The fourth-order valence-electron chi connectivity index (χ4n) is 2.09. The molecule has 1 amide bonds. The molecule has 20 heavy (non-hydrogen) atoms. The van der Waals surface area contributed by atoms with Gasteiger partial charge in [0, 0.05) is 35.9 Å². The predicted molar refractivity (Wildman–Crippen MR) is 85.9 cm³/mol. The number of nitrogens with one attached hydrogen (secondary N) is 1. The van der Waals surface area contributed by atoms with Crippen molar-refractivity contribution in [1.29, 1.82) is 0 Å². The van der Waals surface area contributed by atoms with Crippen LogP contribution in [0, 0.1) is 0 Å². The molecule has 1 atom stereocenters. The third-order valence-corrected chi connectivity index (χ3v) is 3.97. The molecule has 0 fully saturated rings. The summed E-state index contributed by atoms with van der Waals surface area (Å²) in [6, 6.07) is 5.61. The molecule has 1 aromatic carbocycles. The van der Waals surface area contributed by atoms with Crippen LogP contribution in [-0.4, -0.2) is 37.0 Å². The van der Waals surface area contributed by atoms with Gasteiger partial charge in [-0.05, 0) is 32.9 Å². The van der Waals surface area contributed by atoms with Crippen molar-refractivity contribution in [3.63, 3.8) is 0 Å². The van der Waals surface area contributed by atoms with E-state index >= 15 is 0 Å². The van der Waals surface area contributed by atoms with E-state index in [-0.39, 0.29) is 11.9 Å². The number of methoxy groups -OCH3 is 1. The Labute approximate surface area is 129 Å². The lowest BCUT2D eigenvalue weighted by molar-refractivity contribution is -0.131. The molecule has 4 nitrogen and oxygen atoms in total. The Morgan fingerprint density at radius 1 is 1.40 bits per heavy atom. The van der Waals surface area contributed by atoms with Gasteiger partial charge in [-0.15, -0.1) is 0 Å². The highest BCUT2D eigenvalue weighted by molar-refractivity contribution is 9.10. The third kappa shape index (κ3) is 4.21. The van der Waals surface area contributed by atoms with Crippen molar-refractivity contribution in [2.45, 2.75) is 33.4 Å². The first-order valence-electron chi connectivity index (χ1n) is 6.86. The molecule has 1 N–H and O–H groups in total. The smallest absolute Gasteiger partial charge is 0.244 e. The maximum absolute atomic E-state index is 12.3. The molecule has 0 aromatic heterocycles. The minimum Gasteiger partial charge on any atom is -0.380 e. The Morgan fingerprint density at radius 2 is 2.05 bits per heavy atom. The SMILES string of the molecule is CCN(CC)C(=O)C(C)Nc1cccc(Br)c1COC. The molecule has 1 unspecified atom stereocenters. The van der Waals surface area contributed by atoms with Crippen molar-refractivity contribution in [2.75, 3.05) is 25.5 Å². The van der Waals surface area contributed by atoms with Crippen LogP contribution < -0.4 is 5.32 Å². The van der Waals surface area contributed by atoms with Crippen LogP contribution in [0.3, 0.4) is 0 Å². The van der Waals surface area contributed by atoms with E-state index < -0.39 is 0 Å². The average molecular weight is 343 g/mol. The zero-order chi connectivity index (χ0) is 15.1. The standard InChI is InChI=1S/C15H23BrN2O2/c1-5-18(6-2)15(19)11(3)17-14-9-7-8-13(16)12(14)10-20-4/h7-9,11,17H,5-6,10H2,1-4H3. The van der Waals surface area contributed by atoms with Gasteiger partial charge in [0.25, 0.3) is 0 Å². The summed E-state index contributed by atoms with van der Waals surface area (Å²) >= 11 is 3.52. The zero-order valence-electron chi connectivity index (χ0n) is 12.6. The second kappa shape index (κ2) is 8.27. The van der Waals surface area contributed by atoms with Crippen molar-refractivity contribution in [1.82, 2.24) is 4.90 Å². The highest BCUT2D eigenvalue weighted by atomic mass is 79.9. The lowest BCUT2D eigenvalue weighted by Gasteiger charge is -2.25. The number of amides is 1. The fraction of sp³-hybridized carbons (Fsp3) is 0.533. The molecule has 0 radical (unpaired) electrons. The van der Waals surface area contributed by atoms with Gasteiger partial charge in [0.2, 0.25) is 5.91 Å². The summed E-state index contributed by atoms with van der Waals surface area (Å²) in [7, 11) is 1.66. The van der Waals surface area contributed by atoms with Gasteiger partial charge in [-0.2, -0.15) is 0 Å². The molecular weight excluding hydrogens is 320 g/mol. The number of anilines is 1. The van der Waals surface area contributed by atoms with E-state index in [1.807, 2.05) is 43.9 Å². The van der Waals surface area contributed by atoms with E-state index in [9.17, 15) is 4.79 Å². The quantitative estimate of drug-likeness (QED) is 0.826. The van der Waals surface area contributed by atoms with Crippen LogP contribution >= 0.6 is 15.9 Å². The summed E-state index contributed by atoms with van der Waals surface area (Å²) in [5.41, 5.74) is 1.95. The number of ether oxygens (including phenoxy) is 1. The Kier molecular flexibility index (Phi) is 7.02. The van der Waals surface area contributed by atoms with E-state index in [0.717, 1.165) is 28.8 Å². The van der Waals surface area contributed by atoms with E-state index in [4.69, 9.17) is 4.74 Å². The first-order chi connectivity index (χ1) is 9.54. The van der Waals surface area contributed by atoms with Crippen LogP contribution in [-0.2, 0) is 16.1 Å². The van der Waals surface area contributed by atoms with Gasteiger partial charge in [-0.1, -0.05) is 22.0 Å². The summed E-state index contributed by atoms with van der Waals surface area (Å²) in [5.74, 6) is 0.110. The normalized spacial score (nSPS) is 12.1.